The maximum absolute atomic E-state index is 13.3. The van der Waals surface area contributed by atoms with Gasteiger partial charge in [0.25, 0.3) is 0 Å². The third-order valence-electron chi connectivity index (χ3n) is 2.57. The van der Waals surface area contributed by atoms with Crippen molar-refractivity contribution in [2.24, 2.45) is 5.92 Å². The minimum absolute atomic E-state index is 0.122. The van der Waals surface area contributed by atoms with E-state index in [9.17, 15) is 17.8 Å². The van der Waals surface area contributed by atoms with E-state index < -0.39 is 22.4 Å². The molecule has 2 atom stereocenters. The minimum Gasteiger partial charge on any atom is -0.298 e. The van der Waals surface area contributed by atoms with Crippen LogP contribution in [0.2, 0.25) is 0 Å². The van der Waals surface area contributed by atoms with E-state index in [-0.39, 0.29) is 22.3 Å². The van der Waals surface area contributed by atoms with E-state index in [0.717, 1.165) is 12.1 Å². The summed E-state index contributed by atoms with van der Waals surface area (Å²) in [5, 5.41) is 0. The molecule has 1 rings (SSSR count). The second-order valence-electron chi connectivity index (χ2n) is 3.84. The molecule has 0 N–H and O–H groups in total. The number of benzene rings is 1. The summed E-state index contributed by atoms with van der Waals surface area (Å²) in [6, 6.07) is 2.82. The quantitative estimate of drug-likeness (QED) is 0.815. The molecule has 0 aliphatic carbocycles. The molecule has 0 amide bonds. The first kappa shape index (κ1) is 14.0. The molecule has 94 valence electrons. The minimum atomic E-state index is -1.75. The summed E-state index contributed by atoms with van der Waals surface area (Å²) in [7, 11) is -1.75. The molecule has 0 aliphatic heterocycles. The highest BCUT2D eigenvalue weighted by Gasteiger charge is 2.18. The molecule has 2 unspecified atom stereocenters. The first-order valence-corrected chi connectivity index (χ1v) is 6.63. The lowest BCUT2D eigenvalue weighted by Crippen LogP contribution is -2.18. The lowest BCUT2D eigenvalue weighted by atomic mass is 10.1. The van der Waals surface area contributed by atoms with Gasteiger partial charge in [0.1, 0.15) is 17.4 Å². The molecule has 0 saturated heterocycles. The van der Waals surface area contributed by atoms with Gasteiger partial charge in [-0.25, -0.2) is 8.78 Å². The molecular weight excluding hydrogens is 246 g/mol. The second kappa shape index (κ2) is 6.00. The molecule has 0 fully saturated rings. The number of Topliss-reactive ketones (excluding diaryl/α,β-unsaturated/α-hetero) is 1. The van der Waals surface area contributed by atoms with Gasteiger partial charge in [0.15, 0.2) is 0 Å². The average Bonchev–Trinajstić information content (AvgIpc) is 2.27. The van der Waals surface area contributed by atoms with Crippen LogP contribution in [0.4, 0.5) is 8.78 Å². The maximum Gasteiger partial charge on any atom is 0.148 e. The number of carbonyl (C=O) groups is 1. The van der Waals surface area contributed by atoms with Gasteiger partial charge in [-0.15, -0.1) is 0 Å². The normalized spacial score (nSPS) is 14.4. The van der Waals surface area contributed by atoms with Gasteiger partial charge in [-0.1, -0.05) is 13.8 Å². The Morgan fingerprint density at radius 2 is 2.06 bits per heavy atom. The number of carbonyl (C=O) groups excluding carboxylic acids is 1. The number of rotatable bonds is 5. The number of ketones is 1. The zero-order chi connectivity index (χ0) is 13.0. The van der Waals surface area contributed by atoms with Crippen LogP contribution >= 0.6 is 0 Å². The van der Waals surface area contributed by atoms with Crippen LogP contribution in [0.5, 0.6) is 0 Å². The van der Waals surface area contributed by atoms with Crippen LogP contribution < -0.4 is 0 Å². The van der Waals surface area contributed by atoms with Gasteiger partial charge in [0.05, 0.1) is 21.4 Å². The Bertz CT molecular complexity index is 446. The van der Waals surface area contributed by atoms with Crippen LogP contribution in [-0.2, 0) is 15.6 Å². The molecule has 2 nitrogen and oxygen atoms in total. The molecule has 0 heterocycles. The van der Waals surface area contributed by atoms with Gasteiger partial charge >= 0.3 is 0 Å². The van der Waals surface area contributed by atoms with Crippen molar-refractivity contribution in [2.45, 2.75) is 25.2 Å². The van der Waals surface area contributed by atoms with Crippen molar-refractivity contribution in [1.82, 2.24) is 0 Å². The molecule has 0 spiro atoms. The Labute approximate surface area is 101 Å². The Balaban J connectivity index is 2.80. The molecular formula is C12H14F2O2S. The number of halogens is 2. The van der Waals surface area contributed by atoms with Gasteiger partial charge < -0.3 is 0 Å². The van der Waals surface area contributed by atoms with E-state index in [1.54, 1.807) is 6.92 Å². The van der Waals surface area contributed by atoms with Crippen LogP contribution in [0, 0.1) is 17.6 Å². The number of hydrogen-bond donors (Lipinski definition) is 0. The van der Waals surface area contributed by atoms with Crippen molar-refractivity contribution in [3.8, 4) is 0 Å². The van der Waals surface area contributed by atoms with Crippen molar-refractivity contribution >= 4 is 16.6 Å². The fraction of sp³-hybridized carbons (Fsp3) is 0.417. The molecule has 0 aromatic heterocycles. The van der Waals surface area contributed by atoms with E-state index in [1.807, 2.05) is 6.92 Å². The van der Waals surface area contributed by atoms with E-state index in [0.29, 0.717) is 12.5 Å². The van der Waals surface area contributed by atoms with Crippen LogP contribution in [0.3, 0.4) is 0 Å². The molecule has 0 aliphatic rings. The molecule has 1 aromatic rings. The van der Waals surface area contributed by atoms with Crippen molar-refractivity contribution in [2.75, 3.05) is 5.75 Å². The molecule has 0 bridgehead atoms. The summed E-state index contributed by atoms with van der Waals surface area (Å²) in [5.41, 5.74) is 0. The van der Waals surface area contributed by atoms with Crippen LogP contribution in [0.1, 0.15) is 20.3 Å². The maximum atomic E-state index is 13.3. The van der Waals surface area contributed by atoms with Gasteiger partial charge in [-0.3, -0.25) is 9.00 Å². The zero-order valence-electron chi connectivity index (χ0n) is 9.70. The van der Waals surface area contributed by atoms with Crippen LogP contribution in [0.25, 0.3) is 0 Å². The second-order valence-corrected chi connectivity index (χ2v) is 5.26. The van der Waals surface area contributed by atoms with Gasteiger partial charge in [0.2, 0.25) is 0 Å². The summed E-state index contributed by atoms with van der Waals surface area (Å²) in [6.45, 7) is 3.59. The fourth-order valence-corrected chi connectivity index (χ4v) is 2.43. The highest BCUT2D eigenvalue weighted by Crippen LogP contribution is 2.15. The molecule has 5 heteroatoms. The van der Waals surface area contributed by atoms with E-state index in [2.05, 4.69) is 0 Å². The summed E-state index contributed by atoms with van der Waals surface area (Å²) in [4.78, 5) is 11.4. The Hall–Kier alpha value is -1.10. The largest absolute Gasteiger partial charge is 0.298 e. The Morgan fingerprint density at radius 3 is 2.59 bits per heavy atom. The highest BCUT2D eigenvalue weighted by atomic mass is 32.2. The van der Waals surface area contributed by atoms with Gasteiger partial charge in [0, 0.05) is 12.0 Å². The van der Waals surface area contributed by atoms with Crippen LogP contribution in [0.15, 0.2) is 23.1 Å². The lowest BCUT2D eigenvalue weighted by molar-refractivity contribution is -0.119. The van der Waals surface area contributed by atoms with Crippen molar-refractivity contribution < 1.29 is 17.8 Å². The average molecular weight is 260 g/mol. The molecule has 1 aromatic carbocycles. The highest BCUT2D eigenvalue weighted by molar-refractivity contribution is 7.85. The molecule has 17 heavy (non-hydrogen) atoms. The van der Waals surface area contributed by atoms with E-state index in [4.69, 9.17) is 0 Å². The number of hydrogen-bond acceptors (Lipinski definition) is 2. The fourth-order valence-electron chi connectivity index (χ4n) is 1.24. The summed E-state index contributed by atoms with van der Waals surface area (Å²) in [6.07, 6.45) is 0.655. The SMILES string of the molecule is CCC(C)C(=O)CS(=O)c1ccc(F)cc1F. The predicted octanol–water partition coefficient (Wildman–Crippen LogP) is 2.69. The smallest absolute Gasteiger partial charge is 0.148 e. The van der Waals surface area contributed by atoms with Crippen molar-refractivity contribution in [1.29, 1.82) is 0 Å². The van der Waals surface area contributed by atoms with Crippen LogP contribution in [-0.4, -0.2) is 15.7 Å². The standard InChI is InChI=1S/C12H14F2O2S/c1-3-8(2)11(15)7-17(16)12-5-4-9(13)6-10(12)14/h4-6,8H,3,7H2,1-2H3. The van der Waals surface area contributed by atoms with Gasteiger partial charge in [-0.05, 0) is 18.6 Å². The summed E-state index contributed by atoms with van der Waals surface area (Å²) < 4.78 is 37.7. The first-order chi connectivity index (χ1) is 7.95. The van der Waals surface area contributed by atoms with E-state index in [1.165, 1.54) is 0 Å². The Kier molecular flexibility index (Phi) is 4.93. The van der Waals surface area contributed by atoms with E-state index >= 15 is 0 Å². The zero-order valence-corrected chi connectivity index (χ0v) is 10.5. The van der Waals surface area contributed by atoms with Gasteiger partial charge in [-0.2, -0.15) is 0 Å². The lowest BCUT2D eigenvalue weighted by Gasteiger charge is -2.07. The monoisotopic (exact) mass is 260 g/mol. The molecule has 0 radical (unpaired) electrons. The third kappa shape index (κ3) is 3.70. The van der Waals surface area contributed by atoms with Crippen molar-refractivity contribution in [3.63, 3.8) is 0 Å². The topological polar surface area (TPSA) is 34.1 Å². The summed E-state index contributed by atoms with van der Waals surface area (Å²) >= 11 is 0. The summed E-state index contributed by atoms with van der Waals surface area (Å²) in [5.74, 6) is -2.19. The third-order valence-corrected chi connectivity index (χ3v) is 3.94. The Morgan fingerprint density at radius 1 is 1.41 bits per heavy atom. The van der Waals surface area contributed by atoms with Crippen molar-refractivity contribution in [3.05, 3.63) is 29.8 Å². The molecule has 0 saturated carbocycles. The first-order valence-electron chi connectivity index (χ1n) is 5.31. The predicted molar refractivity (Wildman–Crippen MR) is 62.1 cm³/mol.